The summed E-state index contributed by atoms with van der Waals surface area (Å²) in [6, 6.07) is 15.4. The SMILES string of the molecule is Cc1cccc(NC(=O)CCNC(=O)C2(c3ccccc3)CCC2)n1. The first-order valence-corrected chi connectivity index (χ1v) is 8.67. The Balaban J connectivity index is 1.51. The molecule has 1 aliphatic rings. The molecule has 1 fully saturated rings. The third-order valence-corrected chi connectivity index (χ3v) is 4.76. The lowest BCUT2D eigenvalue weighted by Crippen LogP contribution is -2.49. The number of benzene rings is 1. The van der Waals surface area contributed by atoms with E-state index in [0.717, 1.165) is 30.5 Å². The molecule has 3 rings (SSSR count). The molecule has 5 nitrogen and oxygen atoms in total. The second-order valence-corrected chi connectivity index (χ2v) is 6.52. The van der Waals surface area contributed by atoms with Crippen molar-refractivity contribution in [1.82, 2.24) is 10.3 Å². The number of amides is 2. The van der Waals surface area contributed by atoms with Gasteiger partial charge >= 0.3 is 0 Å². The lowest BCUT2D eigenvalue weighted by atomic mass is 9.64. The summed E-state index contributed by atoms with van der Waals surface area (Å²) in [7, 11) is 0. The minimum Gasteiger partial charge on any atom is -0.355 e. The van der Waals surface area contributed by atoms with Crippen molar-refractivity contribution in [2.24, 2.45) is 0 Å². The molecule has 0 spiro atoms. The average Bonchev–Trinajstić information content (AvgIpc) is 2.55. The van der Waals surface area contributed by atoms with Gasteiger partial charge in [-0.1, -0.05) is 42.8 Å². The summed E-state index contributed by atoms with van der Waals surface area (Å²) >= 11 is 0. The average molecular weight is 337 g/mol. The van der Waals surface area contributed by atoms with Crippen molar-refractivity contribution < 1.29 is 9.59 Å². The molecule has 25 heavy (non-hydrogen) atoms. The Morgan fingerprint density at radius 3 is 2.48 bits per heavy atom. The molecular formula is C20H23N3O2. The summed E-state index contributed by atoms with van der Waals surface area (Å²) in [6.45, 7) is 2.20. The van der Waals surface area contributed by atoms with Crippen molar-refractivity contribution in [2.45, 2.75) is 38.0 Å². The number of carbonyl (C=O) groups excluding carboxylic acids is 2. The quantitative estimate of drug-likeness (QED) is 0.851. The van der Waals surface area contributed by atoms with Crippen molar-refractivity contribution in [3.05, 3.63) is 59.8 Å². The molecule has 1 heterocycles. The standard InChI is InChI=1S/C20H23N3O2/c1-15-7-5-10-17(22-15)23-18(24)11-14-21-19(25)20(12-6-13-20)16-8-3-2-4-9-16/h2-5,7-10H,6,11-14H2,1H3,(H,21,25)(H,22,23,24). The van der Waals surface area contributed by atoms with Gasteiger partial charge in [0, 0.05) is 18.7 Å². The number of hydrogen-bond acceptors (Lipinski definition) is 3. The second-order valence-electron chi connectivity index (χ2n) is 6.52. The Kier molecular flexibility index (Phi) is 5.12. The molecule has 1 aromatic carbocycles. The van der Waals surface area contributed by atoms with Gasteiger partial charge in [0.2, 0.25) is 11.8 Å². The van der Waals surface area contributed by atoms with Crippen LogP contribution in [0.2, 0.25) is 0 Å². The molecule has 1 aromatic heterocycles. The van der Waals surface area contributed by atoms with Gasteiger partial charge in [-0.3, -0.25) is 9.59 Å². The maximum absolute atomic E-state index is 12.7. The van der Waals surface area contributed by atoms with E-state index in [2.05, 4.69) is 15.6 Å². The number of pyridine rings is 1. The number of aryl methyl sites for hydroxylation is 1. The van der Waals surface area contributed by atoms with Gasteiger partial charge in [0.05, 0.1) is 5.41 Å². The fraction of sp³-hybridized carbons (Fsp3) is 0.350. The molecule has 1 saturated carbocycles. The fourth-order valence-corrected chi connectivity index (χ4v) is 3.21. The van der Waals surface area contributed by atoms with Gasteiger partial charge in [0.15, 0.2) is 0 Å². The Hall–Kier alpha value is -2.69. The van der Waals surface area contributed by atoms with E-state index in [1.807, 2.05) is 49.4 Å². The van der Waals surface area contributed by atoms with Gasteiger partial charge in [-0.15, -0.1) is 0 Å². The molecule has 0 radical (unpaired) electrons. The number of anilines is 1. The van der Waals surface area contributed by atoms with E-state index in [4.69, 9.17) is 0 Å². The Labute approximate surface area is 147 Å². The summed E-state index contributed by atoms with van der Waals surface area (Å²) in [5.41, 5.74) is 1.49. The highest BCUT2D eigenvalue weighted by atomic mass is 16.2. The van der Waals surface area contributed by atoms with E-state index >= 15 is 0 Å². The van der Waals surface area contributed by atoms with Gasteiger partial charge in [-0.2, -0.15) is 0 Å². The van der Waals surface area contributed by atoms with Gasteiger partial charge in [-0.05, 0) is 37.5 Å². The highest BCUT2D eigenvalue weighted by molar-refractivity contribution is 5.92. The van der Waals surface area contributed by atoms with Crippen LogP contribution in [0, 0.1) is 6.92 Å². The summed E-state index contributed by atoms with van der Waals surface area (Å²) < 4.78 is 0. The minimum atomic E-state index is -0.421. The predicted molar refractivity (Wildman–Crippen MR) is 97.2 cm³/mol. The number of carbonyl (C=O) groups is 2. The largest absolute Gasteiger partial charge is 0.355 e. The summed E-state index contributed by atoms with van der Waals surface area (Å²) in [5, 5.41) is 5.69. The molecule has 2 N–H and O–H groups in total. The topological polar surface area (TPSA) is 71.1 Å². The van der Waals surface area contributed by atoms with Crippen LogP contribution in [0.25, 0.3) is 0 Å². The van der Waals surface area contributed by atoms with Gasteiger partial charge in [0.25, 0.3) is 0 Å². The van der Waals surface area contributed by atoms with Crippen molar-refractivity contribution in [2.75, 3.05) is 11.9 Å². The molecule has 2 amide bonds. The lowest BCUT2D eigenvalue weighted by Gasteiger charge is -2.40. The molecule has 130 valence electrons. The van der Waals surface area contributed by atoms with Crippen molar-refractivity contribution in [1.29, 1.82) is 0 Å². The van der Waals surface area contributed by atoms with Crippen LogP contribution in [0.1, 0.15) is 36.9 Å². The maximum atomic E-state index is 12.7. The summed E-state index contributed by atoms with van der Waals surface area (Å²) in [5.74, 6) is 0.406. The zero-order valence-corrected chi connectivity index (χ0v) is 14.4. The maximum Gasteiger partial charge on any atom is 0.230 e. The Morgan fingerprint density at radius 1 is 1.08 bits per heavy atom. The first-order valence-electron chi connectivity index (χ1n) is 8.67. The second kappa shape index (κ2) is 7.47. The van der Waals surface area contributed by atoms with E-state index in [-0.39, 0.29) is 18.2 Å². The number of aromatic nitrogens is 1. The van der Waals surface area contributed by atoms with Gasteiger partial charge in [-0.25, -0.2) is 4.98 Å². The third kappa shape index (κ3) is 3.87. The normalized spacial score (nSPS) is 15.1. The molecule has 5 heteroatoms. The monoisotopic (exact) mass is 337 g/mol. The van der Waals surface area contributed by atoms with E-state index < -0.39 is 5.41 Å². The van der Waals surface area contributed by atoms with Crippen molar-refractivity contribution >= 4 is 17.6 Å². The zero-order valence-electron chi connectivity index (χ0n) is 14.4. The molecule has 0 bridgehead atoms. The van der Waals surface area contributed by atoms with Crippen molar-refractivity contribution in [3.63, 3.8) is 0 Å². The zero-order chi connectivity index (χ0) is 17.7. The smallest absolute Gasteiger partial charge is 0.230 e. The van der Waals surface area contributed by atoms with E-state index in [9.17, 15) is 9.59 Å². The summed E-state index contributed by atoms with van der Waals surface area (Å²) in [4.78, 5) is 28.9. The predicted octanol–water partition coefficient (Wildman–Crippen LogP) is 2.96. The summed E-state index contributed by atoms with van der Waals surface area (Å²) in [6.07, 6.45) is 3.01. The van der Waals surface area contributed by atoms with Crippen LogP contribution in [-0.4, -0.2) is 23.3 Å². The van der Waals surface area contributed by atoms with Crippen LogP contribution in [0.4, 0.5) is 5.82 Å². The lowest BCUT2D eigenvalue weighted by molar-refractivity contribution is -0.130. The first-order chi connectivity index (χ1) is 12.1. The minimum absolute atomic E-state index is 0.0198. The first kappa shape index (κ1) is 17.1. The van der Waals surface area contributed by atoms with Crippen LogP contribution >= 0.6 is 0 Å². The molecule has 1 aliphatic carbocycles. The Morgan fingerprint density at radius 2 is 1.84 bits per heavy atom. The molecule has 2 aromatic rings. The van der Waals surface area contributed by atoms with Crippen LogP contribution in [0.15, 0.2) is 48.5 Å². The number of hydrogen-bond donors (Lipinski definition) is 2. The van der Waals surface area contributed by atoms with Crippen LogP contribution in [-0.2, 0) is 15.0 Å². The van der Waals surface area contributed by atoms with Crippen LogP contribution in [0.5, 0.6) is 0 Å². The van der Waals surface area contributed by atoms with Crippen LogP contribution in [0.3, 0.4) is 0 Å². The molecule has 0 unspecified atom stereocenters. The Bertz CT molecular complexity index is 755. The number of nitrogens with zero attached hydrogens (tertiary/aromatic N) is 1. The molecular weight excluding hydrogens is 314 g/mol. The van der Waals surface area contributed by atoms with E-state index in [1.165, 1.54) is 0 Å². The molecule has 0 atom stereocenters. The van der Waals surface area contributed by atoms with E-state index in [1.54, 1.807) is 6.07 Å². The fourth-order valence-electron chi connectivity index (χ4n) is 3.21. The number of rotatable bonds is 6. The highest BCUT2D eigenvalue weighted by Crippen LogP contribution is 2.43. The highest BCUT2D eigenvalue weighted by Gasteiger charge is 2.45. The van der Waals surface area contributed by atoms with Gasteiger partial charge in [0.1, 0.15) is 5.82 Å². The van der Waals surface area contributed by atoms with E-state index in [0.29, 0.717) is 12.4 Å². The molecule has 0 aliphatic heterocycles. The third-order valence-electron chi connectivity index (χ3n) is 4.76. The van der Waals surface area contributed by atoms with Gasteiger partial charge < -0.3 is 10.6 Å². The molecule has 0 saturated heterocycles. The van der Waals surface area contributed by atoms with Crippen LogP contribution < -0.4 is 10.6 Å². The van der Waals surface area contributed by atoms with Crippen molar-refractivity contribution in [3.8, 4) is 0 Å². The number of nitrogens with one attached hydrogen (secondary N) is 2.